The third-order valence-corrected chi connectivity index (χ3v) is 4.51. The van der Waals surface area contributed by atoms with Crippen molar-refractivity contribution in [2.24, 2.45) is 0 Å². The maximum atomic E-state index is 11.4. The summed E-state index contributed by atoms with van der Waals surface area (Å²) < 4.78 is 1.69. The van der Waals surface area contributed by atoms with Crippen molar-refractivity contribution in [2.75, 3.05) is 11.9 Å². The summed E-state index contributed by atoms with van der Waals surface area (Å²) in [6, 6.07) is 4.48. The first-order valence-electron chi connectivity index (χ1n) is 7.53. The van der Waals surface area contributed by atoms with Crippen molar-refractivity contribution >= 4 is 17.3 Å². The van der Waals surface area contributed by atoms with E-state index in [-0.39, 0.29) is 5.69 Å². The summed E-state index contributed by atoms with van der Waals surface area (Å²) in [5.74, 6) is -0.933. The molecule has 0 amide bonds. The van der Waals surface area contributed by atoms with Crippen molar-refractivity contribution in [3.05, 3.63) is 29.7 Å². The van der Waals surface area contributed by atoms with Gasteiger partial charge in [-0.15, -0.1) is 0 Å². The number of rotatable bonds is 3. The Morgan fingerprint density at radius 3 is 2.71 bits per heavy atom. The smallest absolute Gasteiger partial charge is 0.354 e. The number of anilines is 1. The molecule has 1 aliphatic rings. The minimum Gasteiger partial charge on any atom is -0.477 e. The van der Waals surface area contributed by atoms with Crippen LogP contribution < -0.4 is 4.90 Å². The van der Waals surface area contributed by atoms with Gasteiger partial charge in [-0.3, -0.25) is 4.40 Å². The molecule has 2 heterocycles. The number of fused-ring (bicyclic) bond motifs is 1. The largest absolute Gasteiger partial charge is 0.477 e. The third-order valence-electron chi connectivity index (χ3n) is 4.51. The van der Waals surface area contributed by atoms with Crippen molar-refractivity contribution in [2.45, 2.75) is 45.1 Å². The predicted octanol–water partition coefficient (Wildman–Crippen LogP) is 3.11. The summed E-state index contributed by atoms with van der Waals surface area (Å²) in [7, 11) is 2.10. The molecule has 0 atom stereocenters. The Hall–Kier alpha value is -2.04. The summed E-state index contributed by atoms with van der Waals surface area (Å²) >= 11 is 0. The van der Waals surface area contributed by atoms with Crippen LogP contribution in [0.15, 0.2) is 18.3 Å². The van der Waals surface area contributed by atoms with Crippen LogP contribution in [0.4, 0.5) is 5.69 Å². The van der Waals surface area contributed by atoms with E-state index in [1.807, 2.05) is 18.3 Å². The second-order valence-corrected chi connectivity index (χ2v) is 5.87. The molecule has 3 rings (SSSR count). The van der Waals surface area contributed by atoms with Gasteiger partial charge in [-0.2, -0.15) is 0 Å². The predicted molar refractivity (Wildman–Crippen MR) is 82.2 cm³/mol. The highest BCUT2D eigenvalue weighted by Gasteiger charge is 2.20. The molecule has 2 aromatic rings. The van der Waals surface area contributed by atoms with Gasteiger partial charge in [0.05, 0.1) is 11.4 Å². The number of carboxylic acids is 1. The average Bonchev–Trinajstić information content (AvgIpc) is 2.82. The SMILES string of the molecule is Cc1nc2ccc(N(C)C3CCCCC3)cn2c1C(=O)O. The Kier molecular flexibility index (Phi) is 3.57. The molecule has 0 unspecified atom stereocenters. The summed E-state index contributed by atoms with van der Waals surface area (Å²) in [5.41, 5.74) is 2.55. The van der Waals surface area contributed by atoms with Crippen molar-refractivity contribution < 1.29 is 9.90 Å². The van der Waals surface area contributed by atoms with Crippen LogP contribution >= 0.6 is 0 Å². The molecule has 5 heteroatoms. The molecule has 0 aromatic carbocycles. The van der Waals surface area contributed by atoms with Gasteiger partial charge in [0.2, 0.25) is 0 Å². The highest BCUT2D eigenvalue weighted by molar-refractivity contribution is 5.88. The molecule has 112 valence electrons. The summed E-state index contributed by atoms with van der Waals surface area (Å²) in [6.07, 6.45) is 8.21. The molecule has 2 aromatic heterocycles. The fourth-order valence-electron chi connectivity index (χ4n) is 3.30. The van der Waals surface area contributed by atoms with Gasteiger partial charge in [0.25, 0.3) is 0 Å². The second kappa shape index (κ2) is 5.39. The molecule has 0 saturated heterocycles. The normalized spacial score (nSPS) is 16.3. The number of aromatic nitrogens is 2. The van der Waals surface area contributed by atoms with Crippen molar-refractivity contribution in [1.82, 2.24) is 9.38 Å². The van der Waals surface area contributed by atoms with E-state index in [4.69, 9.17) is 0 Å². The van der Waals surface area contributed by atoms with Gasteiger partial charge in [-0.1, -0.05) is 19.3 Å². The molecule has 5 nitrogen and oxygen atoms in total. The number of pyridine rings is 1. The molecule has 1 fully saturated rings. The summed E-state index contributed by atoms with van der Waals surface area (Å²) in [6.45, 7) is 1.74. The number of carbonyl (C=O) groups is 1. The number of hydrogen-bond acceptors (Lipinski definition) is 3. The monoisotopic (exact) mass is 287 g/mol. The van der Waals surface area contributed by atoms with Crippen LogP contribution in [0.1, 0.15) is 48.3 Å². The van der Waals surface area contributed by atoms with Crippen LogP contribution in [0, 0.1) is 6.92 Å². The van der Waals surface area contributed by atoms with Crippen LogP contribution in [0.25, 0.3) is 5.65 Å². The van der Waals surface area contributed by atoms with Crippen molar-refractivity contribution in [1.29, 1.82) is 0 Å². The zero-order valence-corrected chi connectivity index (χ0v) is 12.5. The van der Waals surface area contributed by atoms with E-state index in [0.717, 1.165) is 5.69 Å². The summed E-state index contributed by atoms with van der Waals surface area (Å²) in [5, 5.41) is 9.36. The maximum Gasteiger partial charge on any atom is 0.354 e. The first-order chi connectivity index (χ1) is 10.1. The molecule has 0 bridgehead atoms. The molecular formula is C16H21N3O2. The lowest BCUT2D eigenvalue weighted by Gasteiger charge is -2.32. The van der Waals surface area contributed by atoms with Gasteiger partial charge >= 0.3 is 5.97 Å². The lowest BCUT2D eigenvalue weighted by molar-refractivity contribution is 0.0688. The third kappa shape index (κ3) is 2.48. The zero-order chi connectivity index (χ0) is 15.0. The highest BCUT2D eigenvalue weighted by atomic mass is 16.4. The van der Waals surface area contributed by atoms with E-state index in [9.17, 15) is 9.90 Å². The van der Waals surface area contributed by atoms with E-state index < -0.39 is 5.97 Å². The Morgan fingerprint density at radius 2 is 2.05 bits per heavy atom. The van der Waals surface area contributed by atoms with Crippen LogP contribution in [0.2, 0.25) is 0 Å². The fourth-order valence-corrected chi connectivity index (χ4v) is 3.30. The van der Waals surface area contributed by atoms with Crippen molar-refractivity contribution in [3.63, 3.8) is 0 Å². The van der Waals surface area contributed by atoms with Gasteiger partial charge in [0.15, 0.2) is 5.69 Å². The minimum absolute atomic E-state index is 0.254. The Morgan fingerprint density at radius 1 is 1.33 bits per heavy atom. The minimum atomic E-state index is -0.933. The number of nitrogens with zero attached hydrogens (tertiary/aromatic N) is 3. The number of carboxylic acid groups (broad SMARTS) is 1. The fraction of sp³-hybridized carbons (Fsp3) is 0.500. The van der Waals surface area contributed by atoms with Crippen LogP contribution in [0.5, 0.6) is 0 Å². The molecule has 0 spiro atoms. The number of aromatic carboxylic acids is 1. The van der Waals surface area contributed by atoms with Crippen LogP contribution in [-0.2, 0) is 0 Å². The van der Waals surface area contributed by atoms with E-state index in [2.05, 4.69) is 16.9 Å². The van der Waals surface area contributed by atoms with Gasteiger partial charge in [-0.25, -0.2) is 9.78 Å². The number of aryl methyl sites for hydroxylation is 1. The summed E-state index contributed by atoms with van der Waals surface area (Å²) in [4.78, 5) is 18.0. The van der Waals surface area contributed by atoms with Gasteiger partial charge in [0, 0.05) is 19.3 Å². The molecule has 1 N–H and O–H groups in total. The topological polar surface area (TPSA) is 57.8 Å². The van der Waals surface area contributed by atoms with E-state index in [1.165, 1.54) is 32.1 Å². The first-order valence-corrected chi connectivity index (χ1v) is 7.53. The van der Waals surface area contributed by atoms with Crippen molar-refractivity contribution in [3.8, 4) is 0 Å². The van der Waals surface area contributed by atoms with Crippen LogP contribution in [0.3, 0.4) is 0 Å². The Bertz CT molecular complexity index is 671. The maximum absolute atomic E-state index is 11.4. The number of hydrogen-bond donors (Lipinski definition) is 1. The lowest BCUT2D eigenvalue weighted by Crippen LogP contribution is -2.33. The average molecular weight is 287 g/mol. The highest BCUT2D eigenvalue weighted by Crippen LogP contribution is 2.27. The standard InChI is InChI=1S/C16H21N3O2/c1-11-15(16(20)21)19-10-13(8-9-14(19)17-11)18(2)12-6-4-3-5-7-12/h8-10,12H,3-7H2,1-2H3,(H,20,21). The molecular weight excluding hydrogens is 266 g/mol. The Balaban J connectivity index is 1.99. The van der Waals surface area contributed by atoms with Gasteiger partial charge in [0.1, 0.15) is 5.65 Å². The van der Waals surface area contributed by atoms with E-state index >= 15 is 0 Å². The first kappa shape index (κ1) is 13.9. The number of imidazole rings is 1. The quantitative estimate of drug-likeness (QED) is 0.942. The van der Waals surface area contributed by atoms with E-state index in [1.54, 1.807) is 11.3 Å². The second-order valence-electron chi connectivity index (χ2n) is 5.87. The zero-order valence-electron chi connectivity index (χ0n) is 12.5. The molecule has 1 saturated carbocycles. The lowest BCUT2D eigenvalue weighted by atomic mass is 9.94. The molecule has 1 aliphatic carbocycles. The van der Waals surface area contributed by atoms with Gasteiger partial charge < -0.3 is 10.0 Å². The van der Waals surface area contributed by atoms with Gasteiger partial charge in [-0.05, 0) is 31.9 Å². The molecule has 0 aliphatic heterocycles. The Labute approximate surface area is 124 Å². The molecule has 0 radical (unpaired) electrons. The van der Waals surface area contributed by atoms with Crippen LogP contribution in [-0.4, -0.2) is 33.6 Å². The molecule has 21 heavy (non-hydrogen) atoms. The van der Waals surface area contributed by atoms with E-state index in [0.29, 0.717) is 17.4 Å².